The molecule has 0 aliphatic carbocycles. The molecule has 1 amide bonds. The molecular formula is C41H54N2O13. The molecule has 3 aliphatic rings. The second kappa shape index (κ2) is 17.3. The Morgan fingerprint density at radius 1 is 0.964 bits per heavy atom. The number of carbonyl (C=O) groups excluding carboxylic acids is 3. The van der Waals surface area contributed by atoms with Crippen LogP contribution in [0.3, 0.4) is 0 Å². The van der Waals surface area contributed by atoms with Crippen molar-refractivity contribution in [2.75, 3.05) is 12.4 Å². The summed E-state index contributed by atoms with van der Waals surface area (Å²) >= 11 is 0. The van der Waals surface area contributed by atoms with Gasteiger partial charge in [0, 0.05) is 61.2 Å². The molecule has 15 nitrogen and oxygen atoms in total. The van der Waals surface area contributed by atoms with E-state index < -0.39 is 88.8 Å². The Balaban J connectivity index is 1.97. The molecule has 15 heteroatoms. The van der Waals surface area contributed by atoms with Gasteiger partial charge in [-0.25, -0.2) is 0 Å². The van der Waals surface area contributed by atoms with E-state index in [-0.39, 0.29) is 50.6 Å². The summed E-state index contributed by atoms with van der Waals surface area (Å²) in [6.07, 6.45) is 4.11. The van der Waals surface area contributed by atoms with E-state index in [9.17, 15) is 39.9 Å². The van der Waals surface area contributed by atoms with Crippen molar-refractivity contribution in [1.29, 1.82) is 0 Å². The van der Waals surface area contributed by atoms with Crippen LogP contribution in [0.15, 0.2) is 41.3 Å². The first-order chi connectivity index (χ1) is 26.2. The maximum Gasteiger partial charge on any atom is 0.312 e. The number of hydrogen-bond donors (Lipinski definition) is 6. The lowest BCUT2D eigenvalue weighted by Gasteiger charge is -2.38. The van der Waals surface area contributed by atoms with Gasteiger partial charge in [0.25, 0.3) is 11.7 Å². The van der Waals surface area contributed by atoms with E-state index in [0.717, 1.165) is 6.21 Å². The van der Waals surface area contributed by atoms with Gasteiger partial charge in [-0.05, 0) is 33.8 Å². The van der Waals surface area contributed by atoms with Crippen molar-refractivity contribution in [3.8, 4) is 23.0 Å². The number of rotatable bonds is 5. The fourth-order valence-corrected chi connectivity index (χ4v) is 7.08. The first kappa shape index (κ1) is 43.6. The molecule has 2 aromatic carbocycles. The number of anilines is 1. The molecular weight excluding hydrogens is 728 g/mol. The number of phenolic OH excluding ortho intramolecular Hbond substituents is 3. The molecule has 0 saturated heterocycles. The number of benzene rings is 2. The Labute approximate surface area is 326 Å². The standard InChI is InChI=1S/C41H54N2O13/c1-18(2)56-42-17-26-31-36(49)29-28(35(26)48)30-38(24(8)34(29)47)55-41(10,39(30)50)53-16-15-27(52-11)21(5)37(54-25(9)44)23(7)33(46)22(6)32(45)19(3)13-12-14-20(4)40(51)43-31/h12-19,21-23,27,32-33,37,45-49H,1-11H3,(H,43,51)/b13-12-,16-15?,20-14-,42-17+/t19-,21+,22+,23+,27-,32-,33+,37+,41-/m0/s1. The van der Waals surface area contributed by atoms with Crippen molar-refractivity contribution >= 4 is 40.3 Å². The number of aliphatic hydroxyl groups is 2. The van der Waals surface area contributed by atoms with Gasteiger partial charge in [0.15, 0.2) is 5.75 Å². The fraction of sp³-hybridized carbons (Fsp3) is 0.512. The van der Waals surface area contributed by atoms with Crippen LogP contribution in [0.5, 0.6) is 23.0 Å². The number of ether oxygens (including phenoxy) is 4. The maximum absolute atomic E-state index is 14.3. The Bertz CT molecular complexity index is 1970. The van der Waals surface area contributed by atoms with Crippen LogP contribution in [0, 0.1) is 30.6 Å². The normalized spacial score (nSPS) is 30.6. The molecule has 306 valence electrons. The minimum atomic E-state index is -2.06. The zero-order valence-electron chi connectivity index (χ0n) is 33.6. The monoisotopic (exact) mass is 782 g/mol. The number of Topliss-reactive ketones (excluding diaryl/α,β-unsaturated/α-hetero) is 1. The van der Waals surface area contributed by atoms with E-state index in [0.29, 0.717) is 0 Å². The predicted molar refractivity (Wildman–Crippen MR) is 208 cm³/mol. The Hall–Kier alpha value is -5.12. The van der Waals surface area contributed by atoms with Gasteiger partial charge >= 0.3 is 11.8 Å². The average Bonchev–Trinajstić information content (AvgIpc) is 3.41. The summed E-state index contributed by atoms with van der Waals surface area (Å²) in [4.78, 5) is 45.4. The summed E-state index contributed by atoms with van der Waals surface area (Å²) in [6, 6.07) is 0. The van der Waals surface area contributed by atoms with E-state index in [1.54, 1.807) is 53.7 Å². The highest BCUT2D eigenvalue weighted by Crippen LogP contribution is 2.55. The van der Waals surface area contributed by atoms with Crippen molar-refractivity contribution in [1.82, 2.24) is 0 Å². The third-order valence-electron chi connectivity index (χ3n) is 10.5. The lowest BCUT2D eigenvalue weighted by atomic mass is 9.78. The van der Waals surface area contributed by atoms with Crippen LogP contribution in [0.2, 0.25) is 0 Å². The van der Waals surface area contributed by atoms with Crippen molar-refractivity contribution in [3.63, 3.8) is 0 Å². The van der Waals surface area contributed by atoms with E-state index in [1.165, 1.54) is 53.2 Å². The molecule has 3 aliphatic heterocycles. The predicted octanol–water partition coefficient (Wildman–Crippen LogP) is 5.51. The average molecular weight is 783 g/mol. The number of aromatic hydroxyl groups is 3. The number of hydrogen-bond acceptors (Lipinski definition) is 14. The lowest BCUT2D eigenvalue weighted by Crippen LogP contribution is -2.46. The summed E-state index contributed by atoms with van der Waals surface area (Å²) in [5, 5.41) is 63.6. The summed E-state index contributed by atoms with van der Waals surface area (Å²) in [7, 11) is 1.43. The molecule has 9 atom stereocenters. The number of oxime groups is 1. The summed E-state index contributed by atoms with van der Waals surface area (Å²) in [5.74, 6) is -8.63. The molecule has 0 saturated carbocycles. The summed E-state index contributed by atoms with van der Waals surface area (Å²) in [6.45, 7) is 15.8. The van der Waals surface area contributed by atoms with Gasteiger partial charge in [-0.2, -0.15) is 0 Å². The number of aliphatic hydroxyl groups excluding tert-OH is 2. The van der Waals surface area contributed by atoms with Gasteiger partial charge in [0.05, 0.1) is 53.0 Å². The number of phenols is 3. The van der Waals surface area contributed by atoms with Crippen LogP contribution >= 0.6 is 0 Å². The second-order valence-corrected chi connectivity index (χ2v) is 15.0. The van der Waals surface area contributed by atoms with Crippen LogP contribution < -0.4 is 10.1 Å². The molecule has 2 aromatic rings. The first-order valence-electron chi connectivity index (χ1n) is 18.4. The highest BCUT2D eigenvalue weighted by atomic mass is 16.7. The number of nitrogens with zero attached hydrogens (tertiary/aromatic N) is 1. The van der Waals surface area contributed by atoms with Crippen LogP contribution in [0.25, 0.3) is 10.8 Å². The van der Waals surface area contributed by atoms with Crippen molar-refractivity contribution in [2.45, 2.75) is 106 Å². The number of esters is 1. The third kappa shape index (κ3) is 8.49. The number of fused-ring (bicyclic) bond motifs is 14. The summed E-state index contributed by atoms with van der Waals surface area (Å²) < 4.78 is 23.4. The molecule has 3 heterocycles. The van der Waals surface area contributed by atoms with E-state index in [4.69, 9.17) is 23.8 Å². The van der Waals surface area contributed by atoms with Crippen molar-refractivity contribution < 1.29 is 63.7 Å². The molecule has 0 spiro atoms. The smallest absolute Gasteiger partial charge is 0.312 e. The lowest BCUT2D eigenvalue weighted by molar-refractivity contribution is -0.160. The molecule has 5 bridgehead atoms. The number of nitrogens with one attached hydrogen (secondary N) is 1. The minimum Gasteiger partial charge on any atom is -0.507 e. The quantitative estimate of drug-likeness (QED) is 0.0725. The highest BCUT2D eigenvalue weighted by Gasteiger charge is 2.50. The molecule has 56 heavy (non-hydrogen) atoms. The third-order valence-corrected chi connectivity index (χ3v) is 10.5. The van der Waals surface area contributed by atoms with Gasteiger partial charge in [-0.3, -0.25) is 14.4 Å². The number of allylic oxidation sites excluding steroid dienone is 2. The number of ketones is 1. The maximum atomic E-state index is 14.3. The van der Waals surface area contributed by atoms with Gasteiger partial charge < -0.3 is 54.6 Å². The number of methoxy groups -OCH3 is 1. The zero-order valence-corrected chi connectivity index (χ0v) is 33.6. The van der Waals surface area contributed by atoms with Crippen LogP contribution in [-0.2, 0) is 28.6 Å². The second-order valence-electron chi connectivity index (χ2n) is 15.0. The number of amides is 1. The van der Waals surface area contributed by atoms with E-state index in [1.807, 2.05) is 0 Å². The largest absolute Gasteiger partial charge is 0.507 e. The Kier molecular flexibility index (Phi) is 13.5. The molecule has 0 aromatic heterocycles. The van der Waals surface area contributed by atoms with Crippen LogP contribution in [-0.4, -0.2) is 92.8 Å². The Morgan fingerprint density at radius 3 is 2.23 bits per heavy atom. The van der Waals surface area contributed by atoms with Crippen molar-refractivity contribution in [3.05, 3.63) is 52.8 Å². The Morgan fingerprint density at radius 2 is 1.62 bits per heavy atom. The number of carbonyl (C=O) groups is 3. The van der Waals surface area contributed by atoms with Crippen molar-refractivity contribution in [2.24, 2.45) is 28.8 Å². The van der Waals surface area contributed by atoms with Gasteiger partial charge in [-0.15, -0.1) is 0 Å². The minimum absolute atomic E-state index is 0.0334. The molecule has 5 rings (SSSR count). The zero-order chi connectivity index (χ0) is 42.0. The fourth-order valence-electron chi connectivity index (χ4n) is 7.08. The SMILES string of the molecule is CO[C@H]1C=CO[C@@]2(C)Oc3c(C)c(O)c4c(O)c(c(/C=N/OC(C)C)c(O)c4c3C2=O)NC(=O)/C(C)=C\C=C/[C@H](C)[C@H](O)[C@@H](C)[C@@H](O)[C@@H](C)[C@H](OC(C)=O)[C@@H]1C. The van der Waals surface area contributed by atoms with Gasteiger partial charge in [-0.1, -0.05) is 51.1 Å². The molecule has 0 fully saturated rings. The summed E-state index contributed by atoms with van der Waals surface area (Å²) in [5.41, 5.74) is -0.618. The molecule has 6 N–H and O–H groups in total. The van der Waals surface area contributed by atoms with Crippen LogP contribution in [0.4, 0.5) is 5.69 Å². The topological polar surface area (TPSA) is 223 Å². The van der Waals surface area contributed by atoms with Gasteiger partial charge in [0.2, 0.25) is 0 Å². The molecule has 0 radical (unpaired) electrons. The van der Waals surface area contributed by atoms with E-state index >= 15 is 0 Å². The van der Waals surface area contributed by atoms with E-state index in [2.05, 4.69) is 10.5 Å². The molecule has 0 unspecified atom stereocenters. The first-order valence-corrected chi connectivity index (χ1v) is 18.4. The highest BCUT2D eigenvalue weighted by molar-refractivity contribution is 6.23. The van der Waals surface area contributed by atoms with Gasteiger partial charge in [0.1, 0.15) is 29.5 Å². The van der Waals surface area contributed by atoms with Crippen LogP contribution in [0.1, 0.15) is 83.8 Å².